The van der Waals surface area contributed by atoms with E-state index in [2.05, 4.69) is 61.3 Å². The molecule has 0 unspecified atom stereocenters. The van der Waals surface area contributed by atoms with Crippen molar-refractivity contribution in [3.8, 4) is 11.3 Å². The molecule has 0 atom stereocenters. The van der Waals surface area contributed by atoms with Gasteiger partial charge in [0.05, 0.1) is 22.8 Å². The van der Waals surface area contributed by atoms with E-state index in [0.29, 0.717) is 5.56 Å². The number of hydrogen-bond acceptors (Lipinski definition) is 6. The summed E-state index contributed by atoms with van der Waals surface area (Å²) in [6.45, 7) is 12.6. The normalized spacial score (nSPS) is 15.1. The van der Waals surface area contributed by atoms with Crippen molar-refractivity contribution in [1.82, 2.24) is 24.6 Å². The van der Waals surface area contributed by atoms with Crippen molar-refractivity contribution in [3.63, 3.8) is 0 Å². The van der Waals surface area contributed by atoms with Gasteiger partial charge in [-0.2, -0.15) is 5.10 Å². The van der Waals surface area contributed by atoms with Crippen molar-refractivity contribution in [2.24, 2.45) is 0 Å². The zero-order valence-electron chi connectivity index (χ0n) is 19.5. The van der Waals surface area contributed by atoms with Gasteiger partial charge in [-0.1, -0.05) is 6.07 Å². The molecule has 0 aromatic carbocycles. The Morgan fingerprint density at radius 3 is 2.58 bits per heavy atom. The maximum Gasteiger partial charge on any atom is 0.254 e. The van der Waals surface area contributed by atoms with Gasteiger partial charge < -0.3 is 4.90 Å². The van der Waals surface area contributed by atoms with Gasteiger partial charge in [0, 0.05) is 59.0 Å². The number of rotatable bonds is 5. The van der Waals surface area contributed by atoms with Gasteiger partial charge in [0.25, 0.3) is 5.91 Å². The van der Waals surface area contributed by atoms with Crippen LogP contribution in [0.3, 0.4) is 0 Å². The molecule has 0 N–H and O–H groups in total. The van der Waals surface area contributed by atoms with Crippen LogP contribution in [0.4, 0.5) is 0 Å². The third-order valence-electron chi connectivity index (χ3n) is 6.22. The molecule has 1 aliphatic heterocycles. The maximum atomic E-state index is 13.7. The van der Waals surface area contributed by atoms with Gasteiger partial charge in [0.15, 0.2) is 5.65 Å². The number of thiophene rings is 2. The summed E-state index contributed by atoms with van der Waals surface area (Å²) in [7, 11) is 0. The fourth-order valence-corrected chi connectivity index (χ4v) is 6.18. The van der Waals surface area contributed by atoms with E-state index in [9.17, 15) is 4.79 Å². The van der Waals surface area contributed by atoms with Gasteiger partial charge in [0.1, 0.15) is 0 Å². The summed E-state index contributed by atoms with van der Waals surface area (Å²) in [5, 5.41) is 7.53. The highest BCUT2D eigenvalue weighted by atomic mass is 32.1. The van der Waals surface area contributed by atoms with E-state index in [-0.39, 0.29) is 11.9 Å². The second kappa shape index (κ2) is 9.00. The molecule has 6 nitrogen and oxygen atoms in total. The molecule has 5 heterocycles. The van der Waals surface area contributed by atoms with E-state index in [4.69, 9.17) is 4.98 Å². The summed E-state index contributed by atoms with van der Waals surface area (Å²) in [6.07, 6.45) is 1.80. The molecule has 0 radical (unpaired) electrons. The molecule has 1 fully saturated rings. The Balaban J connectivity index is 1.46. The zero-order chi connectivity index (χ0) is 23.1. The number of pyridine rings is 1. The summed E-state index contributed by atoms with van der Waals surface area (Å²) in [6, 6.07) is 8.59. The third kappa shape index (κ3) is 4.35. The van der Waals surface area contributed by atoms with Gasteiger partial charge in [-0.3, -0.25) is 9.69 Å². The third-order valence-corrected chi connectivity index (χ3v) is 8.05. The fraction of sp³-hybridized carbons (Fsp3) is 0.400. The number of piperazine rings is 1. The van der Waals surface area contributed by atoms with Crippen LogP contribution in [-0.2, 0) is 6.54 Å². The minimum Gasteiger partial charge on any atom is -0.336 e. The molecule has 1 aliphatic rings. The van der Waals surface area contributed by atoms with Crippen LogP contribution < -0.4 is 0 Å². The van der Waals surface area contributed by atoms with Crippen molar-refractivity contribution >= 4 is 39.6 Å². The largest absolute Gasteiger partial charge is 0.336 e. The number of aryl methyl sites for hydroxylation is 2. The summed E-state index contributed by atoms with van der Waals surface area (Å²) >= 11 is 3.55. The lowest BCUT2D eigenvalue weighted by atomic mass is 10.1. The maximum absolute atomic E-state index is 13.7. The van der Waals surface area contributed by atoms with Gasteiger partial charge in [0.2, 0.25) is 0 Å². The molecule has 1 saturated heterocycles. The Morgan fingerprint density at radius 2 is 1.94 bits per heavy atom. The Hall–Kier alpha value is -2.55. The first-order valence-corrected chi connectivity index (χ1v) is 13.1. The van der Waals surface area contributed by atoms with Crippen molar-refractivity contribution in [2.45, 2.75) is 40.3 Å². The molecule has 5 rings (SSSR count). The lowest BCUT2D eigenvalue weighted by Gasteiger charge is -2.34. The zero-order valence-corrected chi connectivity index (χ0v) is 21.2. The minimum absolute atomic E-state index is 0.0762. The summed E-state index contributed by atoms with van der Waals surface area (Å²) in [4.78, 5) is 27.0. The number of carbonyl (C=O) groups is 1. The molecule has 33 heavy (non-hydrogen) atoms. The average Bonchev–Trinajstić information content (AvgIpc) is 3.53. The van der Waals surface area contributed by atoms with Crippen LogP contribution in [0.2, 0.25) is 0 Å². The first-order valence-electron chi connectivity index (χ1n) is 11.4. The van der Waals surface area contributed by atoms with Crippen molar-refractivity contribution in [1.29, 1.82) is 0 Å². The van der Waals surface area contributed by atoms with E-state index in [1.165, 1.54) is 14.6 Å². The van der Waals surface area contributed by atoms with Gasteiger partial charge in [-0.15, -0.1) is 22.7 Å². The predicted molar refractivity (Wildman–Crippen MR) is 136 cm³/mol. The van der Waals surface area contributed by atoms with Crippen LogP contribution >= 0.6 is 22.7 Å². The molecule has 172 valence electrons. The molecule has 0 spiro atoms. The van der Waals surface area contributed by atoms with Crippen molar-refractivity contribution in [2.75, 3.05) is 26.2 Å². The topological polar surface area (TPSA) is 54.3 Å². The molecular formula is C25H29N5OS2. The first kappa shape index (κ1) is 22.3. The monoisotopic (exact) mass is 479 g/mol. The van der Waals surface area contributed by atoms with Crippen LogP contribution in [-0.4, -0.2) is 56.7 Å². The van der Waals surface area contributed by atoms with E-state index in [1.54, 1.807) is 28.9 Å². The van der Waals surface area contributed by atoms with E-state index < -0.39 is 0 Å². The number of nitrogens with zero attached hydrogens (tertiary/aromatic N) is 5. The van der Waals surface area contributed by atoms with Gasteiger partial charge in [-0.05, 0) is 51.3 Å². The summed E-state index contributed by atoms with van der Waals surface area (Å²) in [5.41, 5.74) is 3.44. The second-order valence-corrected chi connectivity index (χ2v) is 11.4. The van der Waals surface area contributed by atoms with Gasteiger partial charge >= 0.3 is 0 Å². The Morgan fingerprint density at radius 1 is 1.15 bits per heavy atom. The molecule has 8 heteroatoms. The van der Waals surface area contributed by atoms with Crippen molar-refractivity contribution < 1.29 is 4.79 Å². The highest BCUT2D eigenvalue weighted by Gasteiger charge is 2.26. The molecule has 0 saturated carbocycles. The quantitative estimate of drug-likeness (QED) is 0.386. The second-order valence-electron chi connectivity index (χ2n) is 8.95. The average molecular weight is 480 g/mol. The van der Waals surface area contributed by atoms with Crippen LogP contribution in [0.25, 0.3) is 22.3 Å². The first-order chi connectivity index (χ1) is 15.9. The van der Waals surface area contributed by atoms with E-state index in [1.807, 2.05) is 15.6 Å². The lowest BCUT2D eigenvalue weighted by Crippen LogP contribution is -2.48. The number of hydrogen-bond donors (Lipinski definition) is 0. The molecule has 4 aromatic heterocycles. The minimum atomic E-state index is 0.0762. The van der Waals surface area contributed by atoms with Crippen molar-refractivity contribution in [3.05, 3.63) is 56.0 Å². The number of fused-ring (bicyclic) bond motifs is 1. The lowest BCUT2D eigenvalue weighted by molar-refractivity contribution is 0.0631. The van der Waals surface area contributed by atoms with Crippen LogP contribution in [0, 0.1) is 13.8 Å². The molecule has 0 aliphatic carbocycles. The molecule has 0 bridgehead atoms. The Kier molecular flexibility index (Phi) is 6.07. The number of aromatic nitrogens is 3. The predicted octanol–water partition coefficient (Wildman–Crippen LogP) is 5.38. The van der Waals surface area contributed by atoms with Crippen LogP contribution in [0.5, 0.6) is 0 Å². The standard InChI is InChI=1S/C25H29N5OS2/c1-16(2)30-24-22(14-26-30)21(13-23(27-24)20-12-17(3)33-18(20)4)25(31)29-9-7-28(8-10-29)15-19-6-5-11-32-19/h5-6,11-14,16H,7-10,15H2,1-4H3. The molecule has 1 amide bonds. The molecule has 4 aromatic rings. The highest BCUT2D eigenvalue weighted by Crippen LogP contribution is 2.33. The smallest absolute Gasteiger partial charge is 0.254 e. The van der Waals surface area contributed by atoms with Gasteiger partial charge in [-0.25, -0.2) is 9.67 Å². The fourth-order valence-electron chi connectivity index (χ4n) is 4.50. The van der Waals surface area contributed by atoms with E-state index >= 15 is 0 Å². The summed E-state index contributed by atoms with van der Waals surface area (Å²) in [5.74, 6) is 0.0762. The Bertz CT molecular complexity index is 1280. The summed E-state index contributed by atoms with van der Waals surface area (Å²) < 4.78 is 1.92. The van der Waals surface area contributed by atoms with Crippen LogP contribution in [0.15, 0.2) is 35.8 Å². The number of amides is 1. The van der Waals surface area contributed by atoms with Crippen LogP contribution in [0.1, 0.15) is 44.9 Å². The Labute approximate surface area is 202 Å². The van der Waals surface area contributed by atoms with E-state index in [0.717, 1.165) is 55.0 Å². The SMILES string of the molecule is Cc1cc(-c2cc(C(=O)N3CCN(Cc4cccs4)CC3)c3cnn(C(C)C)c3n2)c(C)s1. The highest BCUT2D eigenvalue weighted by molar-refractivity contribution is 7.12. The number of carbonyl (C=O) groups excluding carboxylic acids is 1. The molecular weight excluding hydrogens is 450 g/mol.